The number of carbonyl (C=O) groups excluding carboxylic acids is 1. The number of Topliss-reactive ketones (excluding diaryl/α,β-unsaturated/α-hetero) is 1. The van der Waals surface area contributed by atoms with Crippen molar-refractivity contribution in [3.8, 4) is 0 Å². The monoisotopic (exact) mass is 308 g/mol. The molecule has 0 bridgehead atoms. The third-order valence-electron chi connectivity index (χ3n) is 3.21. The second kappa shape index (κ2) is 5.97. The van der Waals surface area contributed by atoms with Crippen LogP contribution in [0.25, 0.3) is 0 Å². The van der Waals surface area contributed by atoms with E-state index in [0.29, 0.717) is 12.3 Å². The van der Waals surface area contributed by atoms with Crippen molar-refractivity contribution in [1.29, 1.82) is 0 Å². The molecule has 1 fully saturated rings. The highest BCUT2D eigenvalue weighted by molar-refractivity contribution is 7.99. The van der Waals surface area contributed by atoms with Gasteiger partial charge in [-0.3, -0.25) is 4.79 Å². The molecule has 0 aliphatic heterocycles. The molecule has 1 saturated carbocycles. The molecule has 0 radical (unpaired) electrons. The van der Waals surface area contributed by atoms with E-state index in [0.717, 1.165) is 40.9 Å². The maximum Gasteiger partial charge on any atom is 0.209 e. The van der Waals surface area contributed by atoms with E-state index in [1.807, 2.05) is 17.5 Å². The smallest absolute Gasteiger partial charge is 0.209 e. The minimum absolute atomic E-state index is 0.216. The Morgan fingerprint density at radius 1 is 1.50 bits per heavy atom. The van der Waals surface area contributed by atoms with E-state index in [2.05, 4.69) is 10.2 Å². The van der Waals surface area contributed by atoms with Crippen LogP contribution in [0.4, 0.5) is 0 Å². The molecule has 0 atom stereocenters. The second-order valence-electron chi connectivity index (χ2n) is 4.84. The van der Waals surface area contributed by atoms with Gasteiger partial charge in [0.15, 0.2) is 11.6 Å². The van der Waals surface area contributed by atoms with Gasteiger partial charge in [-0.1, -0.05) is 17.8 Å². The van der Waals surface area contributed by atoms with Gasteiger partial charge in [0.2, 0.25) is 5.16 Å². The lowest BCUT2D eigenvalue weighted by atomic mass is 10.2. The summed E-state index contributed by atoms with van der Waals surface area (Å²) in [4.78, 5) is 12.7. The standard InChI is InChI=1S/C13H16N4OS2/c14-17-12(9-5-6-9)15-16-13(17)20-8-1-3-10(18)11-4-2-7-19-11/h2,4,7,9H,1,3,5-6,8,14H2. The first-order chi connectivity index (χ1) is 9.75. The normalized spacial score (nSPS) is 14.6. The minimum Gasteiger partial charge on any atom is -0.336 e. The largest absolute Gasteiger partial charge is 0.336 e. The average molecular weight is 308 g/mol. The van der Waals surface area contributed by atoms with Gasteiger partial charge in [-0.15, -0.1) is 21.5 Å². The SMILES string of the molecule is Nn1c(SCCCC(=O)c2cccs2)nnc1C1CC1. The summed E-state index contributed by atoms with van der Waals surface area (Å²) in [5, 5.41) is 10.9. The van der Waals surface area contributed by atoms with Crippen LogP contribution in [0.15, 0.2) is 22.7 Å². The van der Waals surface area contributed by atoms with E-state index >= 15 is 0 Å². The number of carbonyl (C=O) groups is 1. The zero-order valence-corrected chi connectivity index (χ0v) is 12.6. The van der Waals surface area contributed by atoms with Crippen LogP contribution in [-0.2, 0) is 0 Å². The van der Waals surface area contributed by atoms with Crippen molar-refractivity contribution in [2.45, 2.75) is 36.8 Å². The topological polar surface area (TPSA) is 73.8 Å². The molecule has 0 amide bonds. The van der Waals surface area contributed by atoms with Crippen LogP contribution in [-0.4, -0.2) is 26.4 Å². The predicted octanol–water partition coefficient (Wildman–Crippen LogP) is 2.69. The Labute approximate surface area is 125 Å². The molecule has 20 heavy (non-hydrogen) atoms. The first-order valence-electron chi connectivity index (χ1n) is 6.65. The van der Waals surface area contributed by atoms with E-state index in [4.69, 9.17) is 5.84 Å². The molecule has 2 aromatic heterocycles. The summed E-state index contributed by atoms with van der Waals surface area (Å²) in [5.41, 5.74) is 0. The molecular weight excluding hydrogens is 292 g/mol. The molecule has 2 N–H and O–H groups in total. The maximum atomic E-state index is 11.8. The molecule has 7 heteroatoms. The molecule has 1 aliphatic carbocycles. The molecule has 0 saturated heterocycles. The number of thioether (sulfide) groups is 1. The van der Waals surface area contributed by atoms with E-state index in [-0.39, 0.29) is 5.78 Å². The first kappa shape index (κ1) is 13.6. The van der Waals surface area contributed by atoms with Gasteiger partial charge in [0.1, 0.15) is 0 Å². The molecule has 2 heterocycles. The zero-order chi connectivity index (χ0) is 13.9. The van der Waals surface area contributed by atoms with Crippen molar-refractivity contribution in [1.82, 2.24) is 14.9 Å². The van der Waals surface area contributed by atoms with Crippen molar-refractivity contribution in [2.24, 2.45) is 0 Å². The van der Waals surface area contributed by atoms with Crippen LogP contribution < -0.4 is 5.84 Å². The summed E-state index contributed by atoms with van der Waals surface area (Å²) in [6.45, 7) is 0. The van der Waals surface area contributed by atoms with Crippen LogP contribution in [0.3, 0.4) is 0 Å². The molecule has 106 valence electrons. The number of thiophene rings is 1. The van der Waals surface area contributed by atoms with Gasteiger partial charge in [0, 0.05) is 18.1 Å². The Hall–Kier alpha value is -1.34. The number of hydrogen-bond donors (Lipinski definition) is 1. The number of ketones is 1. The molecule has 0 aromatic carbocycles. The molecule has 0 unspecified atom stereocenters. The van der Waals surface area contributed by atoms with Gasteiger partial charge < -0.3 is 5.84 Å². The van der Waals surface area contributed by atoms with E-state index < -0.39 is 0 Å². The number of nitrogens with two attached hydrogens (primary N) is 1. The van der Waals surface area contributed by atoms with E-state index in [1.165, 1.54) is 11.3 Å². The number of nitrogen functional groups attached to an aromatic ring is 1. The Balaban J connectivity index is 1.45. The van der Waals surface area contributed by atoms with Crippen LogP contribution in [0.1, 0.15) is 47.1 Å². The number of aromatic nitrogens is 3. The summed E-state index contributed by atoms with van der Waals surface area (Å²) >= 11 is 3.07. The Kier molecular flexibility index (Phi) is 4.07. The van der Waals surface area contributed by atoms with E-state index in [1.54, 1.807) is 16.4 Å². The molecule has 2 aromatic rings. The predicted molar refractivity (Wildman–Crippen MR) is 80.8 cm³/mol. The van der Waals surface area contributed by atoms with Gasteiger partial charge in [0.05, 0.1) is 4.88 Å². The lowest BCUT2D eigenvalue weighted by Gasteiger charge is -2.02. The maximum absolute atomic E-state index is 11.8. The fourth-order valence-electron chi connectivity index (χ4n) is 1.96. The van der Waals surface area contributed by atoms with Crippen LogP contribution in [0.5, 0.6) is 0 Å². The van der Waals surface area contributed by atoms with Crippen molar-refractivity contribution in [3.05, 3.63) is 28.2 Å². The van der Waals surface area contributed by atoms with Crippen LogP contribution in [0.2, 0.25) is 0 Å². The van der Waals surface area contributed by atoms with Crippen molar-refractivity contribution in [3.63, 3.8) is 0 Å². The lowest BCUT2D eigenvalue weighted by Crippen LogP contribution is -2.13. The fourth-order valence-corrected chi connectivity index (χ4v) is 3.46. The highest BCUT2D eigenvalue weighted by Crippen LogP contribution is 2.39. The highest BCUT2D eigenvalue weighted by atomic mass is 32.2. The third-order valence-corrected chi connectivity index (χ3v) is 5.15. The van der Waals surface area contributed by atoms with Gasteiger partial charge in [-0.25, -0.2) is 4.68 Å². The summed E-state index contributed by atoms with van der Waals surface area (Å²) in [5.74, 6) is 8.41. The number of nitrogens with zero attached hydrogens (tertiary/aromatic N) is 3. The molecule has 3 rings (SSSR count). The molecule has 0 spiro atoms. The third kappa shape index (κ3) is 3.04. The summed E-state index contributed by atoms with van der Waals surface area (Å²) in [6, 6.07) is 3.78. The van der Waals surface area contributed by atoms with E-state index in [9.17, 15) is 4.79 Å². The molecule has 1 aliphatic rings. The summed E-state index contributed by atoms with van der Waals surface area (Å²) < 4.78 is 1.60. The molecule has 5 nitrogen and oxygen atoms in total. The Morgan fingerprint density at radius 2 is 2.35 bits per heavy atom. The number of rotatable bonds is 7. The lowest BCUT2D eigenvalue weighted by molar-refractivity contribution is 0.0986. The zero-order valence-electron chi connectivity index (χ0n) is 11.0. The Bertz CT molecular complexity index is 590. The summed E-state index contributed by atoms with van der Waals surface area (Å²) in [6.07, 6.45) is 3.72. The first-order valence-corrected chi connectivity index (χ1v) is 8.52. The van der Waals surface area contributed by atoms with Crippen molar-refractivity contribution in [2.75, 3.05) is 11.6 Å². The van der Waals surface area contributed by atoms with Gasteiger partial charge in [-0.05, 0) is 30.7 Å². The van der Waals surface area contributed by atoms with Crippen LogP contribution in [0, 0.1) is 0 Å². The average Bonchev–Trinajstić information content (AvgIpc) is 3.01. The van der Waals surface area contributed by atoms with Gasteiger partial charge in [0.25, 0.3) is 0 Å². The molecular formula is C13H16N4OS2. The number of hydrogen-bond acceptors (Lipinski definition) is 6. The van der Waals surface area contributed by atoms with Crippen LogP contribution >= 0.6 is 23.1 Å². The fraction of sp³-hybridized carbons (Fsp3) is 0.462. The summed E-state index contributed by atoms with van der Waals surface area (Å²) in [7, 11) is 0. The van der Waals surface area contributed by atoms with Gasteiger partial charge >= 0.3 is 0 Å². The van der Waals surface area contributed by atoms with Crippen molar-refractivity contribution < 1.29 is 4.79 Å². The van der Waals surface area contributed by atoms with Gasteiger partial charge in [-0.2, -0.15) is 0 Å². The van der Waals surface area contributed by atoms with Crippen molar-refractivity contribution >= 4 is 28.9 Å². The minimum atomic E-state index is 0.216. The Morgan fingerprint density at radius 3 is 3.05 bits per heavy atom. The highest BCUT2D eigenvalue weighted by Gasteiger charge is 2.29. The quantitative estimate of drug-likeness (QED) is 0.368. The second-order valence-corrected chi connectivity index (χ2v) is 6.85.